The number of halogens is 2. The maximum Gasteiger partial charge on any atom is 0.317 e. The van der Waals surface area contributed by atoms with Crippen molar-refractivity contribution in [3.63, 3.8) is 0 Å². The zero-order chi connectivity index (χ0) is 19.8. The van der Waals surface area contributed by atoms with Crippen LogP contribution in [0.1, 0.15) is 16.7 Å². The molecule has 0 spiro atoms. The first-order chi connectivity index (χ1) is 13.6. The average molecular weight is 382 g/mol. The van der Waals surface area contributed by atoms with Crippen LogP contribution in [0.3, 0.4) is 0 Å². The minimum Gasteiger partial charge on any atom is -0.298 e. The summed E-state index contributed by atoms with van der Waals surface area (Å²) in [5, 5.41) is 0. The number of alkyl halides is 2. The van der Waals surface area contributed by atoms with Crippen LogP contribution < -0.4 is 15.4 Å². The van der Waals surface area contributed by atoms with E-state index in [4.69, 9.17) is 0 Å². The summed E-state index contributed by atoms with van der Waals surface area (Å²) in [5.41, 5.74) is 8.59. The van der Waals surface area contributed by atoms with Crippen molar-refractivity contribution in [2.45, 2.75) is 25.8 Å². The van der Waals surface area contributed by atoms with Gasteiger partial charge in [0.2, 0.25) is 0 Å². The van der Waals surface area contributed by atoms with E-state index in [1.807, 2.05) is 35.8 Å². The van der Waals surface area contributed by atoms with E-state index in [0.717, 1.165) is 24.9 Å². The van der Waals surface area contributed by atoms with Crippen LogP contribution in [0.5, 0.6) is 0 Å². The molecule has 1 heterocycles. The van der Waals surface area contributed by atoms with Crippen molar-refractivity contribution in [1.29, 1.82) is 0 Å². The summed E-state index contributed by atoms with van der Waals surface area (Å²) in [7, 11) is 0. The molecule has 0 unspecified atom stereocenters. The molecule has 3 rings (SSSR count). The monoisotopic (exact) mass is 382 g/mol. The Hall–Kier alpha value is -3.28. The predicted octanol–water partition coefficient (Wildman–Crippen LogP) is 3.52. The lowest BCUT2D eigenvalue weighted by Crippen LogP contribution is -2.34. The standard InChI is InChI=1S/C22H21F2N3O/c23-21(24)22(28)26-25-20-9-5-4-8-19(20)11-10-17-12-14-27(15-13-17)16-18-6-2-1-3-7-18/h1-9,12-15,21,25H,10-11,16H2/p+1. The minimum atomic E-state index is -3.05. The molecule has 3 aromatic rings. The highest BCUT2D eigenvalue weighted by Gasteiger charge is 2.14. The van der Waals surface area contributed by atoms with E-state index in [1.54, 1.807) is 12.1 Å². The summed E-state index contributed by atoms with van der Waals surface area (Å²) < 4.78 is 26.8. The van der Waals surface area contributed by atoms with E-state index >= 15 is 0 Å². The van der Waals surface area contributed by atoms with Crippen molar-refractivity contribution in [2.24, 2.45) is 0 Å². The van der Waals surface area contributed by atoms with E-state index in [9.17, 15) is 13.6 Å². The van der Waals surface area contributed by atoms with Gasteiger partial charge in [-0.3, -0.25) is 15.6 Å². The lowest BCUT2D eigenvalue weighted by Gasteiger charge is -2.12. The second-order valence-corrected chi connectivity index (χ2v) is 6.44. The molecule has 0 radical (unpaired) electrons. The largest absolute Gasteiger partial charge is 0.317 e. The molecule has 1 amide bonds. The molecular formula is C22H22F2N3O+. The number of para-hydroxylation sites is 1. The second-order valence-electron chi connectivity index (χ2n) is 6.44. The molecule has 0 aliphatic carbocycles. The zero-order valence-electron chi connectivity index (χ0n) is 15.3. The lowest BCUT2D eigenvalue weighted by molar-refractivity contribution is -0.688. The zero-order valence-corrected chi connectivity index (χ0v) is 15.3. The van der Waals surface area contributed by atoms with Gasteiger partial charge in [-0.25, -0.2) is 4.57 Å². The molecule has 0 atom stereocenters. The first-order valence-corrected chi connectivity index (χ1v) is 9.05. The van der Waals surface area contributed by atoms with Gasteiger partial charge in [0.15, 0.2) is 18.9 Å². The van der Waals surface area contributed by atoms with Crippen LogP contribution >= 0.6 is 0 Å². The Bertz CT molecular complexity index is 899. The summed E-state index contributed by atoms with van der Waals surface area (Å²) in [6.07, 6.45) is 2.57. The molecule has 0 saturated heterocycles. The number of hydrazine groups is 1. The summed E-state index contributed by atoms with van der Waals surface area (Å²) in [6, 6.07) is 21.7. The fourth-order valence-electron chi connectivity index (χ4n) is 2.88. The Morgan fingerprint density at radius 1 is 0.857 bits per heavy atom. The van der Waals surface area contributed by atoms with E-state index in [2.05, 4.69) is 46.7 Å². The van der Waals surface area contributed by atoms with Gasteiger partial charge >= 0.3 is 12.3 Å². The number of nitrogens with zero attached hydrogens (tertiary/aromatic N) is 1. The summed E-state index contributed by atoms with van der Waals surface area (Å²) in [4.78, 5) is 11.0. The molecule has 2 N–H and O–H groups in total. The van der Waals surface area contributed by atoms with Gasteiger partial charge in [-0.1, -0.05) is 48.5 Å². The van der Waals surface area contributed by atoms with Gasteiger partial charge in [-0.15, -0.1) is 0 Å². The second kappa shape index (κ2) is 9.60. The maximum atomic E-state index is 12.3. The average Bonchev–Trinajstić information content (AvgIpc) is 2.72. The third-order valence-corrected chi connectivity index (χ3v) is 4.39. The number of aryl methyl sites for hydroxylation is 2. The first-order valence-electron chi connectivity index (χ1n) is 9.05. The number of hydrogen-bond acceptors (Lipinski definition) is 2. The Labute approximate surface area is 162 Å². The fourth-order valence-corrected chi connectivity index (χ4v) is 2.88. The molecule has 1 aromatic heterocycles. The Morgan fingerprint density at radius 2 is 1.54 bits per heavy atom. The van der Waals surface area contributed by atoms with Gasteiger partial charge in [0.25, 0.3) is 0 Å². The Balaban J connectivity index is 1.57. The maximum absolute atomic E-state index is 12.3. The molecule has 0 fully saturated rings. The molecule has 144 valence electrons. The Morgan fingerprint density at radius 3 is 2.25 bits per heavy atom. The third-order valence-electron chi connectivity index (χ3n) is 4.39. The highest BCUT2D eigenvalue weighted by Crippen LogP contribution is 2.16. The third kappa shape index (κ3) is 5.61. The molecule has 6 heteroatoms. The van der Waals surface area contributed by atoms with Crippen molar-refractivity contribution in [2.75, 3.05) is 5.43 Å². The van der Waals surface area contributed by atoms with Gasteiger partial charge in [-0.05, 0) is 30.0 Å². The number of carbonyl (C=O) groups is 1. The van der Waals surface area contributed by atoms with Gasteiger partial charge in [0, 0.05) is 17.7 Å². The summed E-state index contributed by atoms with van der Waals surface area (Å²) in [5.74, 6) is -1.35. The molecule has 0 bridgehead atoms. The molecule has 0 saturated carbocycles. The van der Waals surface area contributed by atoms with E-state index in [0.29, 0.717) is 5.69 Å². The van der Waals surface area contributed by atoms with Crippen LogP contribution in [0, 0.1) is 0 Å². The van der Waals surface area contributed by atoms with Crippen LogP contribution in [-0.4, -0.2) is 12.3 Å². The number of anilines is 1. The molecular weight excluding hydrogens is 360 g/mol. The van der Waals surface area contributed by atoms with Crippen LogP contribution in [0.4, 0.5) is 14.5 Å². The van der Waals surface area contributed by atoms with Crippen LogP contribution in [0.2, 0.25) is 0 Å². The number of pyridine rings is 1. The highest BCUT2D eigenvalue weighted by atomic mass is 19.3. The van der Waals surface area contributed by atoms with E-state index < -0.39 is 12.3 Å². The van der Waals surface area contributed by atoms with Gasteiger partial charge in [-0.2, -0.15) is 8.78 Å². The first kappa shape index (κ1) is 19.5. The normalized spacial score (nSPS) is 10.7. The van der Waals surface area contributed by atoms with Crippen LogP contribution in [0.15, 0.2) is 79.1 Å². The Kier molecular flexibility index (Phi) is 6.68. The topological polar surface area (TPSA) is 45.0 Å². The van der Waals surface area contributed by atoms with Crippen molar-refractivity contribution < 1.29 is 18.1 Å². The predicted molar refractivity (Wildman–Crippen MR) is 104 cm³/mol. The fraction of sp³-hybridized carbons (Fsp3) is 0.182. The number of nitrogens with one attached hydrogen (secondary N) is 2. The van der Waals surface area contributed by atoms with E-state index in [-0.39, 0.29) is 0 Å². The summed E-state index contributed by atoms with van der Waals surface area (Å²) >= 11 is 0. The molecule has 2 aromatic carbocycles. The van der Waals surface area contributed by atoms with Crippen molar-refractivity contribution in [3.05, 3.63) is 95.8 Å². The van der Waals surface area contributed by atoms with E-state index in [1.165, 1.54) is 11.1 Å². The molecule has 28 heavy (non-hydrogen) atoms. The smallest absolute Gasteiger partial charge is 0.298 e. The number of benzene rings is 2. The van der Waals surface area contributed by atoms with Gasteiger partial charge in [0.05, 0.1) is 5.69 Å². The number of rotatable bonds is 8. The molecule has 0 aliphatic rings. The van der Waals surface area contributed by atoms with Crippen molar-refractivity contribution in [1.82, 2.24) is 5.43 Å². The van der Waals surface area contributed by atoms with Gasteiger partial charge in [0.1, 0.15) is 0 Å². The quantitative estimate of drug-likeness (QED) is 0.463. The number of hydrogen-bond donors (Lipinski definition) is 2. The minimum absolute atomic E-state index is 0.617. The number of aromatic nitrogens is 1. The summed E-state index contributed by atoms with van der Waals surface area (Å²) in [6.45, 7) is 0.817. The SMILES string of the molecule is O=C(NNc1ccccc1CCc1cc[n+](Cc2ccccc2)cc1)C(F)F. The number of carbonyl (C=O) groups excluding carboxylic acids is 1. The lowest BCUT2D eigenvalue weighted by atomic mass is 10.0. The highest BCUT2D eigenvalue weighted by molar-refractivity contribution is 5.80. The number of amides is 1. The van der Waals surface area contributed by atoms with Crippen molar-refractivity contribution in [3.8, 4) is 0 Å². The molecule has 0 aliphatic heterocycles. The van der Waals surface area contributed by atoms with Crippen molar-refractivity contribution >= 4 is 11.6 Å². The van der Waals surface area contributed by atoms with Crippen LogP contribution in [-0.2, 0) is 24.2 Å². The van der Waals surface area contributed by atoms with Crippen LogP contribution in [0.25, 0.3) is 0 Å². The van der Waals surface area contributed by atoms with Gasteiger partial charge < -0.3 is 0 Å². The molecule has 4 nitrogen and oxygen atoms in total.